The van der Waals surface area contributed by atoms with E-state index in [4.69, 9.17) is 5.14 Å². The van der Waals surface area contributed by atoms with Crippen LogP contribution in [0.1, 0.15) is 6.92 Å². The third kappa shape index (κ3) is 2.26. The highest BCUT2D eigenvalue weighted by Crippen LogP contribution is 2.18. The Hall–Kier alpha value is -0.940. The average Bonchev–Trinajstić information content (AvgIpc) is 2.03. The Morgan fingerprint density at radius 2 is 1.85 bits per heavy atom. The molecular formula is C8H11NO3S. The van der Waals surface area contributed by atoms with Crippen LogP contribution in [0.3, 0.4) is 0 Å². The van der Waals surface area contributed by atoms with Crippen LogP contribution in [-0.4, -0.2) is 19.5 Å². The van der Waals surface area contributed by atoms with Gasteiger partial charge in [-0.3, -0.25) is 4.79 Å². The fourth-order valence-electron chi connectivity index (χ4n) is 1.27. The van der Waals surface area contributed by atoms with E-state index in [0.717, 1.165) is 0 Å². The molecule has 0 radical (unpaired) electrons. The van der Waals surface area contributed by atoms with E-state index in [1.54, 1.807) is 18.2 Å². The molecule has 13 heavy (non-hydrogen) atoms. The minimum atomic E-state index is -3.68. The highest BCUT2D eigenvalue weighted by Gasteiger charge is 2.31. The lowest BCUT2D eigenvalue weighted by Gasteiger charge is -2.19. The molecule has 4 nitrogen and oxygen atoms in total. The van der Waals surface area contributed by atoms with Crippen LogP contribution in [0.15, 0.2) is 24.3 Å². The minimum Gasteiger partial charge on any atom is -0.299 e. The van der Waals surface area contributed by atoms with Crippen molar-refractivity contribution < 1.29 is 13.2 Å². The molecule has 0 heterocycles. The Morgan fingerprint density at radius 3 is 2.23 bits per heavy atom. The Bertz CT molecular complexity index is 367. The largest absolute Gasteiger partial charge is 0.299 e. The molecule has 0 fully saturated rings. The van der Waals surface area contributed by atoms with Gasteiger partial charge in [0.05, 0.1) is 5.92 Å². The predicted octanol–water partition coefficient (Wildman–Crippen LogP) is -0.0253. The summed E-state index contributed by atoms with van der Waals surface area (Å²) in [6.07, 6.45) is 6.21. The number of rotatable bonds is 2. The lowest BCUT2D eigenvalue weighted by Crippen LogP contribution is -2.36. The number of allylic oxidation sites excluding steroid dienone is 3. The van der Waals surface area contributed by atoms with E-state index < -0.39 is 21.2 Å². The van der Waals surface area contributed by atoms with Gasteiger partial charge in [0.1, 0.15) is 11.0 Å². The van der Waals surface area contributed by atoms with Crippen LogP contribution < -0.4 is 5.14 Å². The summed E-state index contributed by atoms with van der Waals surface area (Å²) in [5.41, 5.74) is 0. The van der Waals surface area contributed by atoms with Crippen molar-refractivity contribution in [1.82, 2.24) is 0 Å². The van der Waals surface area contributed by atoms with Crippen LogP contribution in [0.25, 0.3) is 0 Å². The summed E-state index contributed by atoms with van der Waals surface area (Å²) >= 11 is 0. The van der Waals surface area contributed by atoms with Gasteiger partial charge in [0, 0.05) is 0 Å². The molecule has 2 N–H and O–H groups in total. The number of carbonyl (C=O) groups excluding carboxylic acids is 1. The zero-order valence-electron chi connectivity index (χ0n) is 7.17. The third-order valence-corrected chi connectivity index (χ3v) is 3.14. The van der Waals surface area contributed by atoms with Crippen molar-refractivity contribution in [3.8, 4) is 0 Å². The molecule has 5 heteroatoms. The summed E-state index contributed by atoms with van der Waals surface area (Å²) in [6, 6.07) is 0. The fraction of sp³-hybridized carbons (Fsp3) is 0.375. The molecular weight excluding hydrogens is 190 g/mol. The van der Waals surface area contributed by atoms with Crippen molar-refractivity contribution in [3.63, 3.8) is 0 Å². The maximum Gasteiger partial charge on any atom is 0.216 e. The molecule has 0 bridgehead atoms. The first-order valence-corrected chi connectivity index (χ1v) is 5.41. The minimum absolute atomic E-state index is 0.195. The summed E-state index contributed by atoms with van der Waals surface area (Å²) in [6.45, 7) is 1.35. The first-order chi connectivity index (χ1) is 5.93. The zero-order chi connectivity index (χ0) is 10.1. The van der Waals surface area contributed by atoms with Crippen molar-refractivity contribution in [1.29, 1.82) is 0 Å². The quantitative estimate of drug-likeness (QED) is 0.681. The molecule has 2 atom stereocenters. The summed E-state index contributed by atoms with van der Waals surface area (Å²) in [4.78, 5) is 11.1. The van der Waals surface area contributed by atoms with Gasteiger partial charge >= 0.3 is 0 Å². The zero-order valence-corrected chi connectivity index (χ0v) is 7.99. The van der Waals surface area contributed by atoms with E-state index in [-0.39, 0.29) is 5.78 Å². The second-order valence-electron chi connectivity index (χ2n) is 2.96. The van der Waals surface area contributed by atoms with Gasteiger partial charge in [-0.05, 0) is 6.92 Å². The van der Waals surface area contributed by atoms with E-state index >= 15 is 0 Å². The van der Waals surface area contributed by atoms with Gasteiger partial charge in [0.15, 0.2) is 0 Å². The maximum atomic E-state index is 11.1. The third-order valence-electron chi connectivity index (χ3n) is 1.93. The first-order valence-electron chi connectivity index (χ1n) is 3.80. The Balaban J connectivity index is 3.03. The van der Waals surface area contributed by atoms with E-state index in [0.29, 0.717) is 0 Å². The molecule has 0 aliphatic heterocycles. The number of primary sulfonamides is 1. The van der Waals surface area contributed by atoms with Gasteiger partial charge in [0.25, 0.3) is 0 Å². The molecule has 2 unspecified atom stereocenters. The van der Waals surface area contributed by atoms with Crippen molar-refractivity contribution in [2.24, 2.45) is 11.1 Å². The van der Waals surface area contributed by atoms with Crippen LogP contribution in [0.2, 0.25) is 0 Å². The van der Waals surface area contributed by atoms with Crippen LogP contribution in [0.5, 0.6) is 0 Å². The Labute approximate surface area is 77.2 Å². The number of Topliss-reactive ketones (excluding diaryl/α,β-unsaturated/α-hetero) is 1. The van der Waals surface area contributed by atoms with E-state index in [9.17, 15) is 13.2 Å². The molecule has 72 valence electrons. The molecule has 1 rings (SSSR count). The second kappa shape index (κ2) is 3.43. The number of nitrogens with two attached hydrogens (primary N) is 1. The van der Waals surface area contributed by atoms with Crippen LogP contribution in [0.4, 0.5) is 0 Å². The molecule has 0 amide bonds. The van der Waals surface area contributed by atoms with Crippen molar-refractivity contribution in [2.75, 3.05) is 0 Å². The summed E-state index contributed by atoms with van der Waals surface area (Å²) in [7, 11) is -3.68. The molecule has 1 aliphatic rings. The van der Waals surface area contributed by atoms with Crippen molar-refractivity contribution in [3.05, 3.63) is 24.3 Å². The highest BCUT2D eigenvalue weighted by atomic mass is 32.2. The van der Waals surface area contributed by atoms with Gasteiger partial charge in [-0.15, -0.1) is 0 Å². The second-order valence-corrected chi connectivity index (χ2v) is 4.68. The Kier molecular flexibility index (Phi) is 2.68. The van der Waals surface area contributed by atoms with Gasteiger partial charge in [-0.1, -0.05) is 24.3 Å². The number of ketones is 1. The molecule has 0 saturated carbocycles. The van der Waals surface area contributed by atoms with Gasteiger partial charge in [-0.2, -0.15) is 0 Å². The van der Waals surface area contributed by atoms with Crippen LogP contribution in [-0.2, 0) is 14.8 Å². The first kappa shape index (κ1) is 10.1. The van der Waals surface area contributed by atoms with E-state index in [1.165, 1.54) is 13.0 Å². The highest BCUT2D eigenvalue weighted by molar-refractivity contribution is 7.90. The standard InChI is InChI=1S/C8H11NO3S/c1-6(10)7-4-2-3-5-8(7)13(9,11)12/h2-5,7-8H,1H3,(H2,9,11,12). The molecule has 0 aromatic heterocycles. The molecule has 0 spiro atoms. The lowest BCUT2D eigenvalue weighted by molar-refractivity contribution is -0.119. The maximum absolute atomic E-state index is 11.1. The van der Waals surface area contributed by atoms with Crippen molar-refractivity contribution >= 4 is 15.8 Å². The average molecular weight is 201 g/mol. The molecule has 0 saturated heterocycles. The Morgan fingerprint density at radius 1 is 1.31 bits per heavy atom. The van der Waals surface area contributed by atoms with Gasteiger partial charge < -0.3 is 0 Å². The smallest absolute Gasteiger partial charge is 0.216 e. The van der Waals surface area contributed by atoms with Gasteiger partial charge in [0.2, 0.25) is 10.0 Å². The van der Waals surface area contributed by atoms with E-state index in [1.807, 2.05) is 0 Å². The summed E-state index contributed by atoms with van der Waals surface area (Å²) < 4.78 is 22.1. The summed E-state index contributed by atoms with van der Waals surface area (Å²) in [5, 5.41) is 4.07. The molecule has 0 aromatic carbocycles. The van der Waals surface area contributed by atoms with Crippen molar-refractivity contribution in [2.45, 2.75) is 12.2 Å². The van der Waals surface area contributed by atoms with Crippen LogP contribution >= 0.6 is 0 Å². The summed E-state index contributed by atoms with van der Waals surface area (Å²) in [5.74, 6) is -0.834. The normalized spacial score (nSPS) is 27.5. The topological polar surface area (TPSA) is 77.2 Å². The van der Waals surface area contributed by atoms with Gasteiger partial charge in [-0.25, -0.2) is 13.6 Å². The number of hydrogen-bond donors (Lipinski definition) is 1. The van der Waals surface area contributed by atoms with E-state index in [2.05, 4.69) is 0 Å². The monoisotopic (exact) mass is 201 g/mol. The number of hydrogen-bond acceptors (Lipinski definition) is 3. The van der Waals surface area contributed by atoms with Crippen LogP contribution in [0, 0.1) is 5.92 Å². The lowest BCUT2D eigenvalue weighted by atomic mass is 9.97. The predicted molar refractivity (Wildman–Crippen MR) is 49.3 cm³/mol. The fourth-order valence-corrected chi connectivity index (χ4v) is 2.27. The number of carbonyl (C=O) groups is 1. The SMILES string of the molecule is CC(=O)C1C=CC=CC1S(N)(=O)=O. The number of sulfonamides is 1. The molecule has 0 aromatic rings. The molecule has 1 aliphatic carbocycles.